The molecule has 4 heteroatoms. The SMILES string of the molecule is CC(CN)CNc1ccc2c(c1)ncn2C. The fourth-order valence-corrected chi connectivity index (χ4v) is 1.62. The predicted octanol–water partition coefficient (Wildman–Crippen LogP) is 1.58. The molecule has 3 N–H and O–H groups in total. The Morgan fingerprint density at radius 3 is 3.06 bits per heavy atom. The normalized spacial score (nSPS) is 12.9. The number of fused-ring (bicyclic) bond motifs is 1. The molecular weight excluding hydrogens is 200 g/mol. The molecule has 2 aromatic rings. The van der Waals surface area contributed by atoms with Crippen molar-refractivity contribution in [1.29, 1.82) is 0 Å². The summed E-state index contributed by atoms with van der Waals surface area (Å²) in [4.78, 5) is 4.32. The Labute approximate surface area is 95.5 Å². The second-order valence-electron chi connectivity index (χ2n) is 4.28. The van der Waals surface area contributed by atoms with Gasteiger partial charge in [0.2, 0.25) is 0 Å². The first-order valence-electron chi connectivity index (χ1n) is 5.55. The van der Waals surface area contributed by atoms with Gasteiger partial charge in [-0.25, -0.2) is 4.98 Å². The van der Waals surface area contributed by atoms with Crippen molar-refractivity contribution in [3.63, 3.8) is 0 Å². The highest BCUT2D eigenvalue weighted by molar-refractivity contribution is 5.79. The van der Waals surface area contributed by atoms with E-state index in [4.69, 9.17) is 5.73 Å². The van der Waals surface area contributed by atoms with Crippen molar-refractivity contribution >= 4 is 16.7 Å². The number of aromatic nitrogens is 2. The van der Waals surface area contributed by atoms with Gasteiger partial charge in [0, 0.05) is 19.3 Å². The minimum Gasteiger partial charge on any atom is -0.385 e. The van der Waals surface area contributed by atoms with Gasteiger partial charge in [-0.15, -0.1) is 0 Å². The summed E-state index contributed by atoms with van der Waals surface area (Å²) >= 11 is 0. The Bertz CT molecular complexity index is 475. The molecule has 16 heavy (non-hydrogen) atoms. The van der Waals surface area contributed by atoms with Crippen LogP contribution in [0.1, 0.15) is 6.92 Å². The van der Waals surface area contributed by atoms with Gasteiger partial charge in [0.1, 0.15) is 0 Å². The summed E-state index contributed by atoms with van der Waals surface area (Å²) < 4.78 is 2.02. The van der Waals surface area contributed by atoms with Crippen molar-refractivity contribution in [3.05, 3.63) is 24.5 Å². The molecule has 0 bridgehead atoms. The summed E-state index contributed by atoms with van der Waals surface area (Å²) in [5, 5.41) is 3.37. The fraction of sp³-hybridized carbons (Fsp3) is 0.417. The quantitative estimate of drug-likeness (QED) is 0.819. The van der Waals surface area contributed by atoms with E-state index in [0.717, 1.165) is 23.3 Å². The number of aryl methyl sites for hydroxylation is 1. The molecule has 0 aliphatic carbocycles. The zero-order valence-electron chi connectivity index (χ0n) is 9.77. The molecule has 1 unspecified atom stereocenters. The highest BCUT2D eigenvalue weighted by atomic mass is 15.0. The lowest BCUT2D eigenvalue weighted by Crippen LogP contribution is -2.19. The van der Waals surface area contributed by atoms with E-state index in [1.807, 2.05) is 17.9 Å². The molecular formula is C12H18N4. The topological polar surface area (TPSA) is 55.9 Å². The van der Waals surface area contributed by atoms with Crippen LogP contribution in [0, 0.1) is 5.92 Å². The van der Waals surface area contributed by atoms with Gasteiger partial charge < -0.3 is 15.6 Å². The van der Waals surface area contributed by atoms with Crippen LogP contribution in [0.3, 0.4) is 0 Å². The van der Waals surface area contributed by atoms with Crippen LogP contribution in [-0.2, 0) is 7.05 Å². The third-order valence-corrected chi connectivity index (χ3v) is 2.78. The second kappa shape index (κ2) is 4.53. The monoisotopic (exact) mass is 218 g/mol. The predicted molar refractivity (Wildman–Crippen MR) is 67.4 cm³/mol. The molecule has 1 aromatic heterocycles. The molecule has 1 heterocycles. The number of imidazole rings is 1. The van der Waals surface area contributed by atoms with Gasteiger partial charge >= 0.3 is 0 Å². The Morgan fingerprint density at radius 2 is 2.31 bits per heavy atom. The van der Waals surface area contributed by atoms with E-state index >= 15 is 0 Å². The van der Waals surface area contributed by atoms with Gasteiger partial charge in [-0.2, -0.15) is 0 Å². The fourth-order valence-electron chi connectivity index (χ4n) is 1.62. The molecule has 0 amide bonds. The number of hydrogen-bond acceptors (Lipinski definition) is 3. The van der Waals surface area contributed by atoms with Crippen LogP contribution < -0.4 is 11.1 Å². The smallest absolute Gasteiger partial charge is 0.0955 e. The Kier molecular flexibility index (Phi) is 3.10. The summed E-state index contributed by atoms with van der Waals surface area (Å²) in [5.41, 5.74) is 8.85. The molecule has 86 valence electrons. The zero-order valence-corrected chi connectivity index (χ0v) is 9.77. The van der Waals surface area contributed by atoms with Crippen molar-refractivity contribution in [1.82, 2.24) is 9.55 Å². The van der Waals surface area contributed by atoms with Crippen molar-refractivity contribution in [3.8, 4) is 0 Å². The molecule has 0 aliphatic rings. The second-order valence-corrected chi connectivity index (χ2v) is 4.28. The molecule has 1 atom stereocenters. The van der Waals surface area contributed by atoms with Crippen LogP contribution in [0.15, 0.2) is 24.5 Å². The zero-order chi connectivity index (χ0) is 11.5. The molecule has 0 fully saturated rings. The number of rotatable bonds is 4. The number of nitrogens with two attached hydrogens (primary N) is 1. The van der Waals surface area contributed by atoms with Gasteiger partial charge in [0.05, 0.1) is 17.4 Å². The molecule has 1 aromatic carbocycles. The van der Waals surface area contributed by atoms with E-state index in [1.54, 1.807) is 0 Å². The van der Waals surface area contributed by atoms with Gasteiger partial charge in [0.25, 0.3) is 0 Å². The molecule has 0 aliphatic heterocycles. The number of anilines is 1. The average molecular weight is 218 g/mol. The van der Waals surface area contributed by atoms with Crippen LogP contribution in [0.4, 0.5) is 5.69 Å². The van der Waals surface area contributed by atoms with Gasteiger partial charge in [0.15, 0.2) is 0 Å². The minimum atomic E-state index is 0.486. The lowest BCUT2D eigenvalue weighted by atomic mass is 10.2. The first-order valence-corrected chi connectivity index (χ1v) is 5.55. The standard InChI is InChI=1S/C12H18N4/c1-9(6-13)7-14-10-3-4-12-11(5-10)15-8-16(12)2/h3-5,8-9,14H,6-7,13H2,1-2H3. The van der Waals surface area contributed by atoms with Crippen LogP contribution in [0.25, 0.3) is 11.0 Å². The maximum atomic E-state index is 5.57. The van der Waals surface area contributed by atoms with E-state index in [9.17, 15) is 0 Å². The van der Waals surface area contributed by atoms with Crippen molar-refractivity contribution in [2.24, 2.45) is 18.7 Å². The van der Waals surface area contributed by atoms with Crippen LogP contribution in [0.5, 0.6) is 0 Å². The van der Waals surface area contributed by atoms with E-state index in [0.29, 0.717) is 12.5 Å². The third kappa shape index (κ3) is 2.17. The maximum absolute atomic E-state index is 5.57. The molecule has 4 nitrogen and oxygen atoms in total. The summed E-state index contributed by atoms with van der Waals surface area (Å²) in [6.07, 6.45) is 1.83. The van der Waals surface area contributed by atoms with Crippen molar-refractivity contribution in [2.75, 3.05) is 18.4 Å². The number of nitrogens with zero attached hydrogens (tertiary/aromatic N) is 2. The van der Waals surface area contributed by atoms with Gasteiger partial charge in [-0.05, 0) is 30.7 Å². The van der Waals surface area contributed by atoms with Crippen molar-refractivity contribution in [2.45, 2.75) is 6.92 Å². The van der Waals surface area contributed by atoms with Crippen molar-refractivity contribution < 1.29 is 0 Å². The Balaban J connectivity index is 2.14. The van der Waals surface area contributed by atoms with Crippen LogP contribution in [0.2, 0.25) is 0 Å². The number of hydrogen-bond donors (Lipinski definition) is 2. The molecule has 0 radical (unpaired) electrons. The molecule has 0 spiro atoms. The lowest BCUT2D eigenvalue weighted by molar-refractivity contribution is 0.628. The Hall–Kier alpha value is -1.55. The highest BCUT2D eigenvalue weighted by Gasteiger charge is 2.02. The average Bonchev–Trinajstić information content (AvgIpc) is 2.67. The highest BCUT2D eigenvalue weighted by Crippen LogP contribution is 2.17. The first kappa shape index (κ1) is 11.0. The molecule has 0 saturated heterocycles. The summed E-state index contributed by atoms with van der Waals surface area (Å²) in [5.74, 6) is 0.486. The number of nitrogens with one attached hydrogen (secondary N) is 1. The van der Waals surface area contributed by atoms with E-state index in [2.05, 4.69) is 35.4 Å². The minimum absolute atomic E-state index is 0.486. The summed E-state index contributed by atoms with van der Waals surface area (Å²) in [6.45, 7) is 3.74. The molecule has 0 saturated carbocycles. The van der Waals surface area contributed by atoms with Crippen LogP contribution >= 0.6 is 0 Å². The maximum Gasteiger partial charge on any atom is 0.0955 e. The summed E-state index contributed by atoms with van der Waals surface area (Å²) in [7, 11) is 2.00. The van der Waals surface area contributed by atoms with E-state index < -0.39 is 0 Å². The summed E-state index contributed by atoms with van der Waals surface area (Å²) in [6, 6.07) is 6.23. The Morgan fingerprint density at radius 1 is 1.50 bits per heavy atom. The van der Waals surface area contributed by atoms with Crippen LogP contribution in [-0.4, -0.2) is 22.6 Å². The van der Waals surface area contributed by atoms with E-state index in [1.165, 1.54) is 0 Å². The lowest BCUT2D eigenvalue weighted by Gasteiger charge is -2.11. The van der Waals surface area contributed by atoms with Gasteiger partial charge in [-0.3, -0.25) is 0 Å². The first-order chi connectivity index (χ1) is 7.70. The number of benzene rings is 1. The third-order valence-electron chi connectivity index (χ3n) is 2.78. The largest absolute Gasteiger partial charge is 0.385 e. The van der Waals surface area contributed by atoms with Gasteiger partial charge in [-0.1, -0.05) is 6.92 Å². The molecule has 2 rings (SSSR count). The van der Waals surface area contributed by atoms with E-state index in [-0.39, 0.29) is 0 Å².